The van der Waals surface area contributed by atoms with Gasteiger partial charge in [-0.3, -0.25) is 0 Å². The molecule has 0 atom stereocenters. The van der Waals surface area contributed by atoms with Crippen molar-refractivity contribution < 1.29 is 8.83 Å². The van der Waals surface area contributed by atoms with Crippen molar-refractivity contribution >= 4 is 96.7 Å². The minimum absolute atomic E-state index is 0.858. The summed E-state index contributed by atoms with van der Waals surface area (Å²) < 4.78 is 16.5. The summed E-state index contributed by atoms with van der Waals surface area (Å²) in [6.07, 6.45) is 0. The second kappa shape index (κ2) is 12.5. The lowest BCUT2D eigenvalue weighted by molar-refractivity contribution is 0.632. The van der Waals surface area contributed by atoms with E-state index in [-0.39, 0.29) is 0 Å². The Kier molecular flexibility index (Phi) is 6.92. The summed E-state index contributed by atoms with van der Waals surface area (Å²) in [7, 11) is 0. The van der Waals surface area contributed by atoms with Gasteiger partial charge in [0.2, 0.25) is 0 Å². The fourth-order valence-corrected chi connectivity index (χ4v) is 10.9. The largest absolute Gasteiger partial charge is 0.456 e. The summed E-state index contributed by atoms with van der Waals surface area (Å²) in [6, 6.07) is 70.0. The van der Waals surface area contributed by atoms with Crippen molar-refractivity contribution in [2.45, 2.75) is 0 Å². The average molecular weight is 769 g/mol. The van der Waals surface area contributed by atoms with Crippen LogP contribution >= 0.6 is 11.3 Å². The van der Waals surface area contributed by atoms with Crippen LogP contribution in [0.1, 0.15) is 0 Å². The highest BCUT2D eigenvalue weighted by atomic mass is 32.1. The molecule has 13 aromatic rings. The fraction of sp³-hybridized carbons (Fsp3) is 0. The number of furan rings is 2. The quantitative estimate of drug-likeness (QED) is 0.167. The van der Waals surface area contributed by atoms with E-state index in [0.717, 1.165) is 66.3 Å². The Morgan fingerprint density at radius 2 is 0.915 bits per heavy atom. The number of thiophene rings is 1. The summed E-state index contributed by atoms with van der Waals surface area (Å²) in [6.45, 7) is 0. The van der Waals surface area contributed by atoms with E-state index < -0.39 is 0 Å². The van der Waals surface area contributed by atoms with Crippen LogP contribution in [0.2, 0.25) is 0 Å². The number of hydrogen-bond acceptors (Lipinski definition) is 3. The van der Waals surface area contributed by atoms with Gasteiger partial charge in [-0.15, -0.1) is 11.3 Å². The van der Waals surface area contributed by atoms with E-state index in [1.807, 2.05) is 11.3 Å². The molecule has 3 aromatic heterocycles. The molecule has 3 heteroatoms. The standard InChI is InChI=1S/C56H32O2S/c1-2-15-33(16-3-1)35-18-6-7-20-37(35)47-31-46-48(57-47)32-50-53(44-25-12-13-28-49(44)59-50)54(46)52-40-23-10-8-21-38(40)51(39-22-9-11-24-41(39)52)45-27-14-26-42-43-30-29-34-17-4-5-19-36(34)55(43)58-56(42)45/h1-32H. The highest BCUT2D eigenvalue weighted by Gasteiger charge is 2.26. The van der Waals surface area contributed by atoms with Crippen molar-refractivity contribution in [1.82, 2.24) is 0 Å². The molecule has 0 aliphatic heterocycles. The maximum Gasteiger partial charge on any atom is 0.143 e. The van der Waals surface area contributed by atoms with Crippen molar-refractivity contribution in [1.29, 1.82) is 0 Å². The molecule has 13 rings (SSSR count). The third-order valence-corrected chi connectivity index (χ3v) is 13.4. The van der Waals surface area contributed by atoms with Gasteiger partial charge in [-0.2, -0.15) is 0 Å². The van der Waals surface area contributed by atoms with Crippen LogP contribution in [0.25, 0.3) is 130 Å². The first-order valence-corrected chi connectivity index (χ1v) is 20.9. The number of rotatable bonds is 4. The predicted molar refractivity (Wildman–Crippen MR) is 251 cm³/mol. The Morgan fingerprint density at radius 3 is 1.69 bits per heavy atom. The molecule has 0 saturated heterocycles. The first kappa shape index (κ1) is 32.6. The SMILES string of the molecule is c1ccc(-c2ccccc2-c2cc3c(-c4c5ccccc5c(-c5cccc6c5oc5c7ccccc7ccc65)c5ccccc45)c4c(cc3o2)sc2ccccc24)cc1. The molecule has 0 bridgehead atoms. The Labute approximate surface area is 342 Å². The monoisotopic (exact) mass is 768 g/mol. The highest BCUT2D eigenvalue weighted by molar-refractivity contribution is 7.26. The molecule has 3 heterocycles. The molecule has 0 aliphatic rings. The molecule has 0 N–H and O–H groups in total. The molecule has 0 amide bonds. The van der Waals surface area contributed by atoms with Crippen LogP contribution in [0.15, 0.2) is 203 Å². The maximum absolute atomic E-state index is 7.00. The van der Waals surface area contributed by atoms with Crippen molar-refractivity contribution in [3.8, 4) is 44.7 Å². The number of fused-ring (bicyclic) bond motifs is 11. The maximum atomic E-state index is 7.00. The predicted octanol–water partition coefficient (Wildman–Crippen LogP) is 16.8. The van der Waals surface area contributed by atoms with E-state index in [9.17, 15) is 0 Å². The summed E-state index contributed by atoms with van der Waals surface area (Å²) in [5.41, 5.74) is 10.8. The lowest BCUT2D eigenvalue weighted by Crippen LogP contribution is -1.92. The molecule has 0 spiro atoms. The number of benzene rings is 10. The van der Waals surface area contributed by atoms with Gasteiger partial charge >= 0.3 is 0 Å². The van der Waals surface area contributed by atoms with Crippen LogP contribution in [0.3, 0.4) is 0 Å². The summed E-state index contributed by atoms with van der Waals surface area (Å²) in [5, 5.41) is 12.9. The second-order valence-corrected chi connectivity index (χ2v) is 16.5. The van der Waals surface area contributed by atoms with Crippen LogP contribution < -0.4 is 0 Å². The van der Waals surface area contributed by atoms with Crippen molar-refractivity contribution in [3.05, 3.63) is 194 Å². The normalized spacial score (nSPS) is 12.1. The van der Waals surface area contributed by atoms with Crippen LogP contribution in [0.5, 0.6) is 0 Å². The molecule has 0 radical (unpaired) electrons. The van der Waals surface area contributed by atoms with Gasteiger partial charge in [0, 0.05) is 64.0 Å². The Balaban J connectivity index is 1.16. The third kappa shape index (κ3) is 4.74. The molecule has 10 aromatic carbocycles. The third-order valence-electron chi connectivity index (χ3n) is 12.3. The Hall–Kier alpha value is -7.46. The number of hydrogen-bond donors (Lipinski definition) is 0. The first-order valence-electron chi connectivity index (χ1n) is 20.1. The lowest BCUT2D eigenvalue weighted by Gasteiger charge is -2.19. The highest BCUT2D eigenvalue weighted by Crippen LogP contribution is 2.53. The molecule has 59 heavy (non-hydrogen) atoms. The molecular weight excluding hydrogens is 737 g/mol. The molecule has 0 unspecified atom stereocenters. The van der Waals surface area contributed by atoms with Crippen LogP contribution in [-0.2, 0) is 0 Å². The number of para-hydroxylation sites is 1. The van der Waals surface area contributed by atoms with E-state index in [4.69, 9.17) is 8.83 Å². The molecular formula is C56H32O2S. The van der Waals surface area contributed by atoms with Crippen molar-refractivity contribution in [2.24, 2.45) is 0 Å². The van der Waals surface area contributed by atoms with Gasteiger partial charge in [-0.05, 0) is 67.9 Å². The zero-order valence-corrected chi connectivity index (χ0v) is 32.5. The topological polar surface area (TPSA) is 26.3 Å². The van der Waals surface area contributed by atoms with Gasteiger partial charge in [-0.25, -0.2) is 0 Å². The van der Waals surface area contributed by atoms with Gasteiger partial charge in [0.1, 0.15) is 22.5 Å². The molecule has 0 aliphatic carbocycles. The molecule has 0 fully saturated rings. The smallest absolute Gasteiger partial charge is 0.143 e. The Bertz CT molecular complexity index is 3790. The van der Waals surface area contributed by atoms with Crippen LogP contribution in [0, 0.1) is 0 Å². The van der Waals surface area contributed by atoms with E-state index in [0.29, 0.717) is 0 Å². The Morgan fingerprint density at radius 1 is 0.322 bits per heavy atom. The molecule has 2 nitrogen and oxygen atoms in total. The second-order valence-electron chi connectivity index (χ2n) is 15.4. The van der Waals surface area contributed by atoms with E-state index >= 15 is 0 Å². The van der Waals surface area contributed by atoms with E-state index in [2.05, 4.69) is 194 Å². The zero-order chi connectivity index (χ0) is 38.6. The van der Waals surface area contributed by atoms with Gasteiger partial charge in [-0.1, -0.05) is 170 Å². The van der Waals surface area contributed by atoms with E-state index in [1.54, 1.807) is 0 Å². The van der Waals surface area contributed by atoms with Gasteiger partial charge in [0.15, 0.2) is 0 Å². The van der Waals surface area contributed by atoms with Crippen molar-refractivity contribution in [2.75, 3.05) is 0 Å². The summed E-state index contributed by atoms with van der Waals surface area (Å²) in [5.74, 6) is 0.858. The van der Waals surface area contributed by atoms with Gasteiger partial charge in [0.05, 0.1) is 0 Å². The minimum atomic E-state index is 0.858. The first-order chi connectivity index (χ1) is 29.3. The van der Waals surface area contributed by atoms with Crippen LogP contribution in [-0.4, -0.2) is 0 Å². The van der Waals surface area contributed by atoms with Gasteiger partial charge in [0.25, 0.3) is 0 Å². The fourth-order valence-electron chi connectivity index (χ4n) is 9.76. The van der Waals surface area contributed by atoms with Gasteiger partial charge < -0.3 is 8.83 Å². The molecule has 0 saturated carbocycles. The summed E-state index contributed by atoms with van der Waals surface area (Å²) >= 11 is 1.83. The lowest BCUT2D eigenvalue weighted by atomic mass is 9.83. The molecule has 274 valence electrons. The minimum Gasteiger partial charge on any atom is -0.456 e. The summed E-state index contributed by atoms with van der Waals surface area (Å²) in [4.78, 5) is 0. The average Bonchev–Trinajstić information content (AvgIpc) is 4.02. The van der Waals surface area contributed by atoms with Crippen molar-refractivity contribution in [3.63, 3.8) is 0 Å². The van der Waals surface area contributed by atoms with E-state index in [1.165, 1.54) is 63.8 Å². The van der Waals surface area contributed by atoms with Crippen LogP contribution in [0.4, 0.5) is 0 Å². The zero-order valence-electron chi connectivity index (χ0n) is 31.7.